The molecule has 0 spiro atoms. The summed E-state index contributed by atoms with van der Waals surface area (Å²) in [6.45, 7) is 0.270. The fourth-order valence-corrected chi connectivity index (χ4v) is 1.69. The van der Waals surface area contributed by atoms with Gasteiger partial charge in [0.15, 0.2) is 6.61 Å². The molecule has 1 aromatic heterocycles. The van der Waals surface area contributed by atoms with Crippen molar-refractivity contribution in [2.75, 3.05) is 6.26 Å². The SMILES string of the molecule is CSc1ccc(OCc2n[nH]c(=S)o2)cc1. The number of aromatic amines is 1. The summed E-state index contributed by atoms with van der Waals surface area (Å²) in [6.07, 6.45) is 2.03. The molecule has 0 aliphatic rings. The van der Waals surface area contributed by atoms with E-state index in [0.717, 1.165) is 5.75 Å². The molecule has 0 saturated carbocycles. The molecule has 2 rings (SSSR count). The summed E-state index contributed by atoms with van der Waals surface area (Å²) in [7, 11) is 0. The molecule has 0 radical (unpaired) electrons. The van der Waals surface area contributed by atoms with Crippen molar-refractivity contribution in [2.45, 2.75) is 11.5 Å². The molecule has 2 aromatic rings. The molecule has 0 fully saturated rings. The first kappa shape index (κ1) is 11.2. The predicted octanol–water partition coefficient (Wildman–Crippen LogP) is 3.03. The van der Waals surface area contributed by atoms with Crippen molar-refractivity contribution in [3.05, 3.63) is 35.0 Å². The Hall–Kier alpha value is -1.27. The predicted molar refractivity (Wildman–Crippen MR) is 64.2 cm³/mol. The first-order chi connectivity index (χ1) is 7.78. The van der Waals surface area contributed by atoms with Crippen LogP contribution in [-0.2, 0) is 6.61 Å². The lowest BCUT2D eigenvalue weighted by Crippen LogP contribution is -1.95. The fourth-order valence-electron chi connectivity index (χ4n) is 1.14. The lowest BCUT2D eigenvalue weighted by molar-refractivity contribution is 0.261. The minimum atomic E-state index is 0.260. The van der Waals surface area contributed by atoms with Crippen molar-refractivity contribution >= 4 is 24.0 Å². The molecule has 1 N–H and O–H groups in total. The van der Waals surface area contributed by atoms with Crippen LogP contribution in [0.2, 0.25) is 0 Å². The number of nitrogens with one attached hydrogen (secondary N) is 1. The van der Waals surface area contributed by atoms with E-state index in [1.54, 1.807) is 11.8 Å². The van der Waals surface area contributed by atoms with Crippen LogP contribution < -0.4 is 4.74 Å². The quantitative estimate of drug-likeness (QED) is 0.671. The van der Waals surface area contributed by atoms with Gasteiger partial charge in [0.1, 0.15) is 5.75 Å². The Labute approximate surface area is 102 Å². The summed E-state index contributed by atoms with van der Waals surface area (Å²) in [4.78, 5) is 1.46. The second-order valence-electron chi connectivity index (χ2n) is 2.97. The maximum absolute atomic E-state index is 5.47. The number of rotatable bonds is 4. The third-order valence-corrected chi connectivity index (χ3v) is 2.82. The Kier molecular flexibility index (Phi) is 3.63. The molecule has 84 valence electrons. The third-order valence-electron chi connectivity index (χ3n) is 1.90. The van der Waals surface area contributed by atoms with Crippen LogP contribution in [0.5, 0.6) is 5.75 Å². The van der Waals surface area contributed by atoms with Gasteiger partial charge in [-0.25, -0.2) is 5.10 Å². The van der Waals surface area contributed by atoms with Crippen LogP contribution in [0.1, 0.15) is 5.89 Å². The number of hydrogen-bond donors (Lipinski definition) is 1. The summed E-state index contributed by atoms with van der Waals surface area (Å²) < 4.78 is 10.5. The molecule has 0 bridgehead atoms. The van der Waals surface area contributed by atoms with Gasteiger partial charge >= 0.3 is 0 Å². The summed E-state index contributed by atoms with van der Waals surface area (Å²) in [5.74, 6) is 1.22. The van der Waals surface area contributed by atoms with E-state index in [1.165, 1.54) is 4.90 Å². The maximum atomic E-state index is 5.47. The van der Waals surface area contributed by atoms with Crippen molar-refractivity contribution < 1.29 is 9.15 Å². The van der Waals surface area contributed by atoms with Gasteiger partial charge in [-0.2, -0.15) is 0 Å². The minimum Gasteiger partial charge on any atom is -0.484 e. The number of ether oxygens (including phenoxy) is 1. The lowest BCUT2D eigenvalue weighted by atomic mass is 10.3. The number of thioether (sulfide) groups is 1. The highest BCUT2D eigenvalue weighted by Gasteiger charge is 2.01. The Bertz CT molecular complexity index is 504. The Morgan fingerprint density at radius 3 is 2.75 bits per heavy atom. The van der Waals surface area contributed by atoms with Gasteiger partial charge in [0.25, 0.3) is 10.7 Å². The minimum absolute atomic E-state index is 0.260. The molecule has 0 amide bonds. The van der Waals surface area contributed by atoms with Crippen LogP contribution in [0.4, 0.5) is 0 Å². The molecular formula is C10H10N2O2S2. The normalized spacial score (nSPS) is 10.3. The van der Waals surface area contributed by atoms with Crippen molar-refractivity contribution in [3.63, 3.8) is 0 Å². The third kappa shape index (κ3) is 2.86. The van der Waals surface area contributed by atoms with E-state index >= 15 is 0 Å². The number of nitrogens with zero attached hydrogens (tertiary/aromatic N) is 1. The summed E-state index contributed by atoms with van der Waals surface area (Å²) in [6, 6.07) is 7.82. The van der Waals surface area contributed by atoms with Crippen LogP contribution in [0.25, 0.3) is 0 Å². The van der Waals surface area contributed by atoms with Crippen LogP contribution in [0.3, 0.4) is 0 Å². The monoisotopic (exact) mass is 254 g/mol. The molecule has 0 aliphatic heterocycles. The second kappa shape index (κ2) is 5.18. The van der Waals surface area contributed by atoms with Gasteiger partial charge in [-0.15, -0.1) is 16.9 Å². The van der Waals surface area contributed by atoms with Gasteiger partial charge < -0.3 is 9.15 Å². The number of aromatic nitrogens is 2. The van der Waals surface area contributed by atoms with Gasteiger partial charge in [0.05, 0.1) is 0 Å². The maximum Gasteiger partial charge on any atom is 0.284 e. The van der Waals surface area contributed by atoms with E-state index in [2.05, 4.69) is 10.2 Å². The van der Waals surface area contributed by atoms with E-state index in [0.29, 0.717) is 5.89 Å². The summed E-state index contributed by atoms with van der Waals surface area (Å²) in [5, 5.41) is 6.38. The smallest absolute Gasteiger partial charge is 0.284 e. The van der Waals surface area contributed by atoms with Crippen molar-refractivity contribution in [1.29, 1.82) is 0 Å². The molecular weight excluding hydrogens is 244 g/mol. The van der Waals surface area contributed by atoms with Crippen LogP contribution in [0, 0.1) is 4.84 Å². The molecule has 16 heavy (non-hydrogen) atoms. The number of benzene rings is 1. The van der Waals surface area contributed by atoms with Gasteiger partial charge in [-0.3, -0.25) is 0 Å². The Morgan fingerprint density at radius 2 is 2.19 bits per heavy atom. The molecule has 6 heteroatoms. The highest BCUT2D eigenvalue weighted by Crippen LogP contribution is 2.19. The summed E-state index contributed by atoms with van der Waals surface area (Å²) >= 11 is 6.44. The molecule has 4 nitrogen and oxygen atoms in total. The van der Waals surface area contributed by atoms with Crippen LogP contribution in [-0.4, -0.2) is 16.5 Å². The largest absolute Gasteiger partial charge is 0.484 e. The van der Waals surface area contributed by atoms with E-state index in [9.17, 15) is 0 Å². The van der Waals surface area contributed by atoms with Gasteiger partial charge in [0.2, 0.25) is 0 Å². The molecule has 0 aliphatic carbocycles. The zero-order valence-corrected chi connectivity index (χ0v) is 10.2. The summed E-state index contributed by atoms with van der Waals surface area (Å²) in [5.41, 5.74) is 0. The van der Waals surface area contributed by atoms with Crippen molar-refractivity contribution in [2.24, 2.45) is 0 Å². The van der Waals surface area contributed by atoms with E-state index in [4.69, 9.17) is 21.4 Å². The molecule has 1 heterocycles. The molecule has 0 unspecified atom stereocenters. The van der Waals surface area contributed by atoms with Gasteiger partial charge in [0, 0.05) is 4.90 Å². The number of hydrogen-bond acceptors (Lipinski definition) is 5. The lowest BCUT2D eigenvalue weighted by Gasteiger charge is -2.03. The average molecular weight is 254 g/mol. The Morgan fingerprint density at radius 1 is 1.44 bits per heavy atom. The van der Waals surface area contributed by atoms with E-state index in [-0.39, 0.29) is 11.4 Å². The van der Waals surface area contributed by atoms with Crippen LogP contribution in [0.15, 0.2) is 33.6 Å². The van der Waals surface area contributed by atoms with Crippen molar-refractivity contribution in [3.8, 4) is 5.75 Å². The molecule has 0 atom stereocenters. The highest BCUT2D eigenvalue weighted by molar-refractivity contribution is 7.98. The van der Waals surface area contributed by atoms with Gasteiger partial charge in [-0.1, -0.05) is 0 Å². The average Bonchev–Trinajstić information content (AvgIpc) is 2.73. The topological polar surface area (TPSA) is 51.0 Å². The van der Waals surface area contributed by atoms with Crippen LogP contribution >= 0.6 is 24.0 Å². The zero-order valence-electron chi connectivity index (χ0n) is 8.60. The van der Waals surface area contributed by atoms with E-state index < -0.39 is 0 Å². The number of H-pyrrole nitrogens is 1. The standard InChI is InChI=1S/C10H10N2O2S2/c1-16-8-4-2-7(3-5-8)13-6-9-11-12-10(15)14-9/h2-5H,6H2,1H3,(H,12,15). The van der Waals surface area contributed by atoms with E-state index in [1.807, 2.05) is 30.5 Å². The first-order valence-corrected chi connectivity index (χ1v) is 6.22. The van der Waals surface area contributed by atoms with Gasteiger partial charge in [-0.05, 0) is 42.7 Å². The Balaban J connectivity index is 1.96. The zero-order chi connectivity index (χ0) is 11.4. The fraction of sp³-hybridized carbons (Fsp3) is 0.200. The first-order valence-electron chi connectivity index (χ1n) is 4.59. The molecule has 0 saturated heterocycles. The second-order valence-corrected chi connectivity index (χ2v) is 4.22. The highest BCUT2D eigenvalue weighted by atomic mass is 32.2. The molecule has 1 aromatic carbocycles. The van der Waals surface area contributed by atoms with Crippen molar-refractivity contribution in [1.82, 2.24) is 10.2 Å².